The van der Waals surface area contributed by atoms with E-state index in [9.17, 15) is 9.90 Å². The van der Waals surface area contributed by atoms with Gasteiger partial charge in [0.1, 0.15) is 0 Å². The quantitative estimate of drug-likeness (QED) is 0.794. The molecule has 0 atom stereocenters. The number of carbonyl (C=O) groups excluding carboxylic acids is 1. The van der Waals surface area contributed by atoms with Crippen molar-refractivity contribution in [1.82, 2.24) is 5.32 Å². The second kappa shape index (κ2) is 8.38. The third-order valence-electron chi connectivity index (χ3n) is 5.11. The van der Waals surface area contributed by atoms with Gasteiger partial charge in [-0.2, -0.15) is 0 Å². The van der Waals surface area contributed by atoms with Crippen molar-refractivity contribution in [2.45, 2.75) is 63.5 Å². The molecule has 2 fully saturated rings. The lowest BCUT2D eigenvalue weighted by molar-refractivity contribution is 0.118. The molecule has 0 unspecified atom stereocenters. The maximum Gasteiger partial charge on any atom is 0.319 e. The Bertz CT molecular complexity index is 533. The number of amides is 2. The smallest absolute Gasteiger partial charge is 0.319 e. The van der Waals surface area contributed by atoms with Gasteiger partial charge in [-0.05, 0) is 56.7 Å². The summed E-state index contributed by atoms with van der Waals surface area (Å²) in [5, 5.41) is 15.5. The van der Waals surface area contributed by atoms with Gasteiger partial charge in [-0.25, -0.2) is 4.79 Å². The summed E-state index contributed by atoms with van der Waals surface area (Å²) in [5.41, 5.74) is 2.03. The number of aliphatic hydroxyl groups excluding tert-OH is 1. The van der Waals surface area contributed by atoms with Crippen LogP contribution in [-0.2, 0) is 0 Å². The van der Waals surface area contributed by atoms with Crippen LogP contribution in [-0.4, -0.2) is 36.4 Å². The number of rotatable bonds is 3. The molecule has 132 valence electrons. The van der Waals surface area contributed by atoms with Crippen LogP contribution in [0, 0.1) is 0 Å². The highest BCUT2D eigenvalue weighted by Crippen LogP contribution is 2.23. The average molecular weight is 331 g/mol. The maximum absolute atomic E-state index is 12.2. The minimum atomic E-state index is -0.198. The van der Waals surface area contributed by atoms with E-state index in [1.54, 1.807) is 0 Å². The summed E-state index contributed by atoms with van der Waals surface area (Å²) >= 11 is 0. The summed E-state index contributed by atoms with van der Waals surface area (Å²) in [6.07, 6.45) is 8.16. The van der Waals surface area contributed by atoms with E-state index >= 15 is 0 Å². The Morgan fingerprint density at radius 1 is 1.04 bits per heavy atom. The summed E-state index contributed by atoms with van der Waals surface area (Å²) in [6, 6.07) is 8.15. The van der Waals surface area contributed by atoms with Crippen LogP contribution in [0.4, 0.5) is 16.2 Å². The molecule has 5 heteroatoms. The van der Waals surface area contributed by atoms with Crippen LogP contribution in [0.15, 0.2) is 24.3 Å². The van der Waals surface area contributed by atoms with Crippen molar-refractivity contribution in [2.24, 2.45) is 0 Å². The zero-order valence-corrected chi connectivity index (χ0v) is 14.3. The third-order valence-corrected chi connectivity index (χ3v) is 5.11. The Balaban J connectivity index is 1.54. The predicted octanol–water partition coefficient (Wildman–Crippen LogP) is 3.49. The molecule has 2 amide bonds. The van der Waals surface area contributed by atoms with Crippen LogP contribution in [0.1, 0.15) is 51.4 Å². The standard InChI is InChI=1S/C19H29N3O2/c23-18-10-8-15(9-11-18)20-19(24)21-16-6-5-7-17(14-16)22-12-3-1-2-4-13-22/h5-7,14-15,18,23H,1-4,8-13H2,(H2,20,21,24). The first kappa shape index (κ1) is 17.1. The molecular formula is C19H29N3O2. The molecule has 0 spiro atoms. The Morgan fingerprint density at radius 2 is 1.75 bits per heavy atom. The Kier molecular flexibility index (Phi) is 5.96. The number of hydrogen-bond acceptors (Lipinski definition) is 3. The third kappa shape index (κ3) is 4.87. The van der Waals surface area contributed by atoms with Crippen LogP contribution in [0.2, 0.25) is 0 Å². The first-order chi connectivity index (χ1) is 11.7. The van der Waals surface area contributed by atoms with E-state index in [1.165, 1.54) is 31.4 Å². The minimum absolute atomic E-state index is 0.149. The number of nitrogens with zero attached hydrogens (tertiary/aromatic N) is 1. The average Bonchev–Trinajstić information content (AvgIpc) is 2.86. The molecule has 3 N–H and O–H groups in total. The largest absolute Gasteiger partial charge is 0.393 e. The number of benzene rings is 1. The fourth-order valence-corrected chi connectivity index (χ4v) is 3.68. The molecule has 1 saturated carbocycles. The summed E-state index contributed by atoms with van der Waals surface area (Å²) in [5.74, 6) is 0. The van der Waals surface area contributed by atoms with Crippen molar-refractivity contribution in [3.63, 3.8) is 0 Å². The number of urea groups is 1. The molecular weight excluding hydrogens is 302 g/mol. The number of carbonyl (C=O) groups is 1. The molecule has 5 nitrogen and oxygen atoms in total. The van der Waals surface area contributed by atoms with Gasteiger partial charge < -0.3 is 20.6 Å². The highest BCUT2D eigenvalue weighted by molar-refractivity contribution is 5.90. The summed E-state index contributed by atoms with van der Waals surface area (Å²) in [4.78, 5) is 14.6. The lowest BCUT2D eigenvalue weighted by Gasteiger charge is -2.26. The van der Waals surface area contributed by atoms with Gasteiger partial charge in [-0.15, -0.1) is 0 Å². The number of nitrogens with one attached hydrogen (secondary N) is 2. The van der Waals surface area contributed by atoms with E-state index in [4.69, 9.17) is 0 Å². The normalized spacial score (nSPS) is 25.0. The van der Waals surface area contributed by atoms with Crippen molar-refractivity contribution < 1.29 is 9.90 Å². The molecule has 1 aromatic carbocycles. The van der Waals surface area contributed by atoms with E-state index in [0.29, 0.717) is 0 Å². The molecule has 0 aromatic heterocycles. The van der Waals surface area contributed by atoms with Crippen molar-refractivity contribution in [1.29, 1.82) is 0 Å². The molecule has 1 aliphatic heterocycles. The summed E-state index contributed by atoms with van der Waals surface area (Å²) < 4.78 is 0. The highest BCUT2D eigenvalue weighted by atomic mass is 16.3. The molecule has 1 heterocycles. The number of hydrogen-bond donors (Lipinski definition) is 3. The molecule has 3 rings (SSSR count). The Hall–Kier alpha value is -1.75. The first-order valence-electron chi connectivity index (χ1n) is 9.31. The van der Waals surface area contributed by atoms with Gasteiger partial charge in [-0.1, -0.05) is 18.9 Å². The van der Waals surface area contributed by atoms with Crippen LogP contribution in [0.5, 0.6) is 0 Å². The SMILES string of the molecule is O=C(Nc1cccc(N2CCCCCC2)c1)NC1CCC(O)CC1. The number of anilines is 2. The second-order valence-electron chi connectivity index (χ2n) is 7.06. The van der Waals surface area contributed by atoms with Gasteiger partial charge in [0.05, 0.1) is 6.10 Å². The molecule has 1 saturated heterocycles. The molecule has 0 radical (unpaired) electrons. The van der Waals surface area contributed by atoms with Crippen LogP contribution >= 0.6 is 0 Å². The van der Waals surface area contributed by atoms with E-state index in [2.05, 4.69) is 27.7 Å². The lowest BCUT2D eigenvalue weighted by atomic mass is 9.93. The van der Waals surface area contributed by atoms with Crippen molar-refractivity contribution in [3.8, 4) is 0 Å². The van der Waals surface area contributed by atoms with E-state index in [0.717, 1.165) is 44.5 Å². The fraction of sp³-hybridized carbons (Fsp3) is 0.632. The summed E-state index contributed by atoms with van der Waals surface area (Å²) in [6.45, 7) is 2.19. The molecule has 0 bridgehead atoms. The van der Waals surface area contributed by atoms with E-state index in [1.807, 2.05) is 12.1 Å². The van der Waals surface area contributed by atoms with E-state index < -0.39 is 0 Å². The van der Waals surface area contributed by atoms with Gasteiger partial charge in [0.2, 0.25) is 0 Å². The Morgan fingerprint density at radius 3 is 2.46 bits per heavy atom. The monoisotopic (exact) mass is 331 g/mol. The molecule has 2 aliphatic rings. The zero-order valence-electron chi connectivity index (χ0n) is 14.3. The van der Waals surface area contributed by atoms with Gasteiger partial charge in [0.25, 0.3) is 0 Å². The van der Waals surface area contributed by atoms with Crippen molar-refractivity contribution in [3.05, 3.63) is 24.3 Å². The predicted molar refractivity (Wildman–Crippen MR) is 97.5 cm³/mol. The number of aliphatic hydroxyl groups is 1. The van der Waals surface area contributed by atoms with Crippen molar-refractivity contribution in [2.75, 3.05) is 23.3 Å². The van der Waals surface area contributed by atoms with Gasteiger partial charge in [0, 0.05) is 30.5 Å². The lowest BCUT2D eigenvalue weighted by Crippen LogP contribution is -2.40. The van der Waals surface area contributed by atoms with E-state index in [-0.39, 0.29) is 18.2 Å². The van der Waals surface area contributed by atoms with Gasteiger partial charge >= 0.3 is 6.03 Å². The van der Waals surface area contributed by atoms with Crippen LogP contribution in [0.25, 0.3) is 0 Å². The van der Waals surface area contributed by atoms with Crippen LogP contribution < -0.4 is 15.5 Å². The molecule has 1 aliphatic carbocycles. The van der Waals surface area contributed by atoms with Crippen LogP contribution in [0.3, 0.4) is 0 Å². The molecule has 24 heavy (non-hydrogen) atoms. The first-order valence-corrected chi connectivity index (χ1v) is 9.31. The minimum Gasteiger partial charge on any atom is -0.393 e. The fourth-order valence-electron chi connectivity index (χ4n) is 3.68. The van der Waals surface area contributed by atoms with Crippen molar-refractivity contribution >= 4 is 17.4 Å². The topological polar surface area (TPSA) is 64.6 Å². The highest BCUT2D eigenvalue weighted by Gasteiger charge is 2.20. The summed E-state index contributed by atoms with van der Waals surface area (Å²) in [7, 11) is 0. The molecule has 1 aromatic rings. The zero-order chi connectivity index (χ0) is 16.8. The van der Waals surface area contributed by atoms with Gasteiger partial charge in [0.15, 0.2) is 0 Å². The second-order valence-corrected chi connectivity index (χ2v) is 7.06. The Labute approximate surface area is 144 Å². The van der Waals surface area contributed by atoms with Gasteiger partial charge in [-0.3, -0.25) is 0 Å². The maximum atomic E-state index is 12.2.